The predicted octanol–water partition coefficient (Wildman–Crippen LogP) is 2.19. The standard InChI is InChI=1S/C15H25N3O/c1-12(2)11-18-15(16)17-9-5-7-13-6-4-8-14(10-13)19-3/h4,6,8,10,12H,5,7,9,11H2,1-3H3,(H3,16,17,18). The van der Waals surface area contributed by atoms with Crippen molar-refractivity contribution in [1.82, 2.24) is 5.32 Å². The number of nitrogens with one attached hydrogen (secondary N) is 1. The minimum atomic E-state index is 0.539. The predicted molar refractivity (Wildman–Crippen MR) is 80.6 cm³/mol. The Kier molecular flexibility index (Phi) is 6.79. The fraction of sp³-hybridized carbons (Fsp3) is 0.533. The molecule has 0 heterocycles. The molecular formula is C15H25N3O. The van der Waals surface area contributed by atoms with Crippen LogP contribution in [0.1, 0.15) is 25.8 Å². The van der Waals surface area contributed by atoms with Gasteiger partial charge in [0.1, 0.15) is 5.75 Å². The highest BCUT2D eigenvalue weighted by molar-refractivity contribution is 5.77. The largest absolute Gasteiger partial charge is 0.497 e. The van der Waals surface area contributed by atoms with Crippen LogP contribution in [0.25, 0.3) is 0 Å². The number of nitrogens with two attached hydrogens (primary N) is 1. The molecule has 0 bridgehead atoms. The van der Waals surface area contributed by atoms with Crippen LogP contribution in [0.2, 0.25) is 0 Å². The van der Waals surface area contributed by atoms with Crippen molar-refractivity contribution in [1.29, 1.82) is 0 Å². The molecule has 3 N–H and O–H groups in total. The minimum absolute atomic E-state index is 0.539. The molecule has 106 valence electrons. The van der Waals surface area contributed by atoms with Crippen molar-refractivity contribution >= 4 is 5.96 Å². The Labute approximate surface area is 116 Å². The Morgan fingerprint density at radius 2 is 2.21 bits per heavy atom. The summed E-state index contributed by atoms with van der Waals surface area (Å²) >= 11 is 0. The summed E-state index contributed by atoms with van der Waals surface area (Å²) in [5, 5.41) is 3.13. The summed E-state index contributed by atoms with van der Waals surface area (Å²) < 4.78 is 5.20. The lowest BCUT2D eigenvalue weighted by molar-refractivity contribution is 0.414. The molecule has 0 aliphatic carbocycles. The summed E-state index contributed by atoms with van der Waals surface area (Å²) in [5.74, 6) is 1.99. The Bertz CT molecular complexity index is 402. The van der Waals surface area contributed by atoms with Crippen LogP contribution < -0.4 is 15.8 Å². The highest BCUT2D eigenvalue weighted by Gasteiger charge is 1.97. The van der Waals surface area contributed by atoms with Gasteiger partial charge in [0.15, 0.2) is 5.96 Å². The number of methoxy groups -OCH3 is 1. The Morgan fingerprint density at radius 3 is 2.89 bits per heavy atom. The van der Waals surface area contributed by atoms with E-state index in [1.54, 1.807) is 7.11 Å². The van der Waals surface area contributed by atoms with Crippen molar-refractivity contribution in [2.45, 2.75) is 26.7 Å². The van der Waals surface area contributed by atoms with E-state index in [0.29, 0.717) is 11.9 Å². The SMILES string of the molecule is COc1cccc(CCCNC(N)=NCC(C)C)c1. The number of nitrogens with zero attached hydrogens (tertiary/aromatic N) is 1. The number of hydrogen-bond donors (Lipinski definition) is 2. The van der Waals surface area contributed by atoms with E-state index in [1.165, 1.54) is 5.56 Å². The number of guanidine groups is 1. The molecule has 0 radical (unpaired) electrons. The molecule has 4 heteroatoms. The first-order valence-corrected chi connectivity index (χ1v) is 6.78. The second-order valence-corrected chi connectivity index (χ2v) is 5.00. The second kappa shape index (κ2) is 8.40. The second-order valence-electron chi connectivity index (χ2n) is 5.00. The van der Waals surface area contributed by atoms with Crippen LogP contribution in [0.15, 0.2) is 29.3 Å². The van der Waals surface area contributed by atoms with E-state index < -0.39 is 0 Å². The van der Waals surface area contributed by atoms with Gasteiger partial charge in [-0.05, 0) is 36.5 Å². The zero-order chi connectivity index (χ0) is 14.1. The van der Waals surface area contributed by atoms with E-state index in [2.05, 4.69) is 36.3 Å². The average molecular weight is 263 g/mol. The number of aryl methyl sites for hydroxylation is 1. The maximum atomic E-state index is 5.77. The Balaban J connectivity index is 2.25. The molecule has 0 fully saturated rings. The molecule has 19 heavy (non-hydrogen) atoms. The van der Waals surface area contributed by atoms with Crippen LogP contribution in [0.3, 0.4) is 0 Å². The number of hydrogen-bond acceptors (Lipinski definition) is 2. The van der Waals surface area contributed by atoms with Gasteiger partial charge >= 0.3 is 0 Å². The molecule has 0 atom stereocenters. The molecule has 1 aromatic rings. The van der Waals surface area contributed by atoms with Gasteiger partial charge in [0.2, 0.25) is 0 Å². The lowest BCUT2D eigenvalue weighted by Gasteiger charge is -2.07. The first kappa shape index (κ1) is 15.3. The maximum absolute atomic E-state index is 5.77. The van der Waals surface area contributed by atoms with Crippen molar-refractivity contribution in [2.75, 3.05) is 20.2 Å². The van der Waals surface area contributed by atoms with E-state index >= 15 is 0 Å². The van der Waals surface area contributed by atoms with Crippen molar-refractivity contribution < 1.29 is 4.74 Å². The molecule has 0 aliphatic heterocycles. The molecule has 1 aromatic carbocycles. The summed E-state index contributed by atoms with van der Waals surface area (Å²) in [4.78, 5) is 4.26. The number of aliphatic imine (C=N–C) groups is 1. The van der Waals surface area contributed by atoms with Gasteiger partial charge in [-0.25, -0.2) is 0 Å². The number of rotatable bonds is 7. The van der Waals surface area contributed by atoms with E-state index in [0.717, 1.165) is 31.7 Å². The topological polar surface area (TPSA) is 59.6 Å². The fourth-order valence-corrected chi connectivity index (χ4v) is 1.67. The smallest absolute Gasteiger partial charge is 0.188 e. The fourth-order valence-electron chi connectivity index (χ4n) is 1.67. The van der Waals surface area contributed by atoms with Gasteiger partial charge in [-0.3, -0.25) is 4.99 Å². The van der Waals surface area contributed by atoms with Gasteiger partial charge in [-0.15, -0.1) is 0 Å². The van der Waals surface area contributed by atoms with E-state index in [-0.39, 0.29) is 0 Å². The van der Waals surface area contributed by atoms with Crippen LogP contribution in [-0.2, 0) is 6.42 Å². The van der Waals surface area contributed by atoms with Gasteiger partial charge in [-0.2, -0.15) is 0 Å². The Morgan fingerprint density at radius 1 is 1.42 bits per heavy atom. The van der Waals surface area contributed by atoms with Crippen molar-refractivity contribution in [2.24, 2.45) is 16.6 Å². The monoisotopic (exact) mass is 263 g/mol. The first-order valence-electron chi connectivity index (χ1n) is 6.78. The lowest BCUT2D eigenvalue weighted by atomic mass is 10.1. The summed E-state index contributed by atoms with van der Waals surface area (Å²) in [6.07, 6.45) is 2.02. The van der Waals surface area contributed by atoms with Crippen LogP contribution in [0.5, 0.6) is 5.75 Å². The highest BCUT2D eigenvalue weighted by Crippen LogP contribution is 2.13. The van der Waals surface area contributed by atoms with E-state index in [9.17, 15) is 0 Å². The molecule has 0 unspecified atom stereocenters. The average Bonchev–Trinajstić information content (AvgIpc) is 2.41. The van der Waals surface area contributed by atoms with E-state index in [4.69, 9.17) is 10.5 Å². The third-order valence-corrected chi connectivity index (χ3v) is 2.71. The quantitative estimate of drug-likeness (QED) is 0.450. The summed E-state index contributed by atoms with van der Waals surface area (Å²) in [5.41, 5.74) is 7.04. The molecule has 4 nitrogen and oxygen atoms in total. The normalized spacial score (nSPS) is 11.7. The molecule has 0 aromatic heterocycles. The molecule has 0 saturated carbocycles. The van der Waals surface area contributed by atoms with Gasteiger partial charge in [0.25, 0.3) is 0 Å². The van der Waals surface area contributed by atoms with Gasteiger partial charge in [0.05, 0.1) is 7.11 Å². The maximum Gasteiger partial charge on any atom is 0.188 e. The molecule has 0 aliphatic rings. The third-order valence-electron chi connectivity index (χ3n) is 2.71. The summed E-state index contributed by atoms with van der Waals surface area (Å²) in [7, 11) is 1.69. The van der Waals surface area contributed by atoms with Crippen LogP contribution in [-0.4, -0.2) is 26.2 Å². The first-order chi connectivity index (χ1) is 9.11. The lowest BCUT2D eigenvalue weighted by Crippen LogP contribution is -2.33. The zero-order valence-electron chi connectivity index (χ0n) is 12.1. The Hall–Kier alpha value is -1.71. The van der Waals surface area contributed by atoms with Gasteiger partial charge in [-0.1, -0.05) is 26.0 Å². The third kappa shape index (κ3) is 6.70. The zero-order valence-corrected chi connectivity index (χ0v) is 12.1. The number of ether oxygens (including phenoxy) is 1. The molecule has 0 spiro atoms. The van der Waals surface area contributed by atoms with Crippen molar-refractivity contribution in [3.05, 3.63) is 29.8 Å². The summed E-state index contributed by atoms with van der Waals surface area (Å²) in [6, 6.07) is 8.15. The van der Waals surface area contributed by atoms with Crippen molar-refractivity contribution in [3.63, 3.8) is 0 Å². The number of benzene rings is 1. The summed E-state index contributed by atoms with van der Waals surface area (Å²) in [6.45, 7) is 5.86. The van der Waals surface area contributed by atoms with Gasteiger partial charge in [0, 0.05) is 13.1 Å². The molecular weight excluding hydrogens is 238 g/mol. The van der Waals surface area contributed by atoms with Crippen LogP contribution >= 0.6 is 0 Å². The minimum Gasteiger partial charge on any atom is -0.497 e. The van der Waals surface area contributed by atoms with Crippen molar-refractivity contribution in [3.8, 4) is 5.75 Å². The van der Waals surface area contributed by atoms with E-state index in [1.807, 2.05) is 12.1 Å². The molecule has 0 amide bonds. The van der Waals surface area contributed by atoms with Gasteiger partial charge < -0.3 is 15.8 Å². The molecule has 0 saturated heterocycles. The molecule has 1 rings (SSSR count). The van der Waals surface area contributed by atoms with Crippen LogP contribution in [0.4, 0.5) is 0 Å². The highest BCUT2D eigenvalue weighted by atomic mass is 16.5. The van der Waals surface area contributed by atoms with Crippen LogP contribution in [0, 0.1) is 5.92 Å².